The molecule has 1 aliphatic rings. The van der Waals surface area contributed by atoms with Crippen molar-refractivity contribution in [3.05, 3.63) is 29.2 Å². The number of piperidine rings is 1. The summed E-state index contributed by atoms with van der Waals surface area (Å²) in [5, 5.41) is 4.11. The maximum absolute atomic E-state index is 13.3. The lowest BCUT2D eigenvalue weighted by Crippen LogP contribution is -2.38. The highest BCUT2D eigenvalue weighted by Crippen LogP contribution is 2.32. The van der Waals surface area contributed by atoms with Gasteiger partial charge in [0.15, 0.2) is 5.65 Å². The van der Waals surface area contributed by atoms with E-state index in [4.69, 9.17) is 0 Å². The molecule has 6 nitrogen and oxygen atoms in total. The molecule has 0 aromatic carbocycles. The molecule has 0 radical (unpaired) electrons. The number of nitrogens with zero attached hydrogens (tertiary/aromatic N) is 4. The molecule has 0 bridgehead atoms. The first-order valence-corrected chi connectivity index (χ1v) is 9.86. The van der Waals surface area contributed by atoms with Crippen molar-refractivity contribution in [2.45, 2.75) is 38.3 Å². The van der Waals surface area contributed by atoms with E-state index in [0.29, 0.717) is 37.2 Å². The predicted octanol–water partition coefficient (Wildman–Crippen LogP) is 2.45. The molecule has 0 N–H and O–H groups in total. The Morgan fingerprint density at radius 1 is 1.32 bits per heavy atom. The van der Waals surface area contributed by atoms with Crippen LogP contribution in [0.25, 0.3) is 5.65 Å². The van der Waals surface area contributed by atoms with E-state index >= 15 is 0 Å². The van der Waals surface area contributed by atoms with E-state index in [1.165, 1.54) is 10.4 Å². The lowest BCUT2D eigenvalue weighted by molar-refractivity contribution is -0.142. The minimum atomic E-state index is -4.54. The summed E-state index contributed by atoms with van der Waals surface area (Å²) in [6.45, 7) is 2.39. The van der Waals surface area contributed by atoms with Crippen LogP contribution in [0.1, 0.15) is 42.8 Å². The van der Waals surface area contributed by atoms with Crippen molar-refractivity contribution in [3.8, 4) is 0 Å². The van der Waals surface area contributed by atoms with Gasteiger partial charge in [0.05, 0.1) is 11.9 Å². The van der Waals surface area contributed by atoms with Gasteiger partial charge in [-0.1, -0.05) is 6.92 Å². The molecule has 0 spiro atoms. The van der Waals surface area contributed by atoms with Gasteiger partial charge in [-0.3, -0.25) is 0 Å². The molecule has 1 aliphatic heterocycles. The van der Waals surface area contributed by atoms with Crippen LogP contribution in [0.3, 0.4) is 0 Å². The molecule has 10 heteroatoms. The van der Waals surface area contributed by atoms with E-state index in [9.17, 15) is 21.6 Å². The second kappa shape index (κ2) is 6.24. The lowest BCUT2D eigenvalue weighted by atomic mass is 9.96. The molecular formula is C15H19F3N4O2S. The quantitative estimate of drug-likeness (QED) is 0.825. The van der Waals surface area contributed by atoms with Gasteiger partial charge < -0.3 is 0 Å². The summed E-state index contributed by atoms with van der Waals surface area (Å²) >= 11 is 0. The van der Waals surface area contributed by atoms with E-state index in [2.05, 4.69) is 10.1 Å². The second-order valence-corrected chi connectivity index (χ2v) is 8.27. The number of fused-ring (bicyclic) bond motifs is 1. The van der Waals surface area contributed by atoms with Crippen LogP contribution < -0.4 is 0 Å². The van der Waals surface area contributed by atoms with Crippen LogP contribution >= 0.6 is 0 Å². The summed E-state index contributed by atoms with van der Waals surface area (Å²) in [5.74, 6) is -0.240. The zero-order valence-corrected chi connectivity index (χ0v) is 14.7. The molecule has 3 rings (SSSR count). The van der Waals surface area contributed by atoms with Gasteiger partial charge in [-0.25, -0.2) is 22.2 Å². The molecule has 1 unspecified atom stereocenters. The Balaban J connectivity index is 2.04. The van der Waals surface area contributed by atoms with Crippen LogP contribution in [0.4, 0.5) is 13.2 Å². The van der Waals surface area contributed by atoms with Gasteiger partial charge in [-0.2, -0.15) is 18.3 Å². The Hall–Kier alpha value is -1.68. The van der Waals surface area contributed by atoms with Gasteiger partial charge in [0.1, 0.15) is 5.69 Å². The Morgan fingerprint density at radius 2 is 2.04 bits per heavy atom. The third-order valence-electron chi connectivity index (χ3n) is 4.42. The van der Waals surface area contributed by atoms with Gasteiger partial charge in [-0.15, -0.1) is 0 Å². The zero-order valence-electron chi connectivity index (χ0n) is 13.9. The minimum Gasteiger partial charge on any atom is -0.234 e. The third-order valence-corrected chi connectivity index (χ3v) is 5.69. The number of rotatable bonds is 3. The second-order valence-electron chi connectivity index (χ2n) is 6.28. The average Bonchev–Trinajstić information content (AvgIpc) is 2.96. The Kier molecular flexibility index (Phi) is 4.52. The Bertz CT molecular complexity index is 892. The van der Waals surface area contributed by atoms with Crippen molar-refractivity contribution in [3.63, 3.8) is 0 Å². The van der Waals surface area contributed by atoms with E-state index in [-0.39, 0.29) is 18.1 Å². The first-order valence-electron chi connectivity index (χ1n) is 8.01. The van der Waals surface area contributed by atoms with Crippen molar-refractivity contribution in [1.82, 2.24) is 18.9 Å². The molecule has 138 valence electrons. The summed E-state index contributed by atoms with van der Waals surface area (Å²) in [4.78, 5) is 4.22. The summed E-state index contributed by atoms with van der Waals surface area (Å²) in [5.41, 5.74) is 0.0572. The van der Waals surface area contributed by atoms with Gasteiger partial charge in [0.25, 0.3) is 0 Å². The third kappa shape index (κ3) is 3.64. The molecular weight excluding hydrogens is 357 g/mol. The van der Waals surface area contributed by atoms with Crippen molar-refractivity contribution < 1.29 is 21.6 Å². The first-order chi connectivity index (χ1) is 11.6. The zero-order chi connectivity index (χ0) is 18.4. The van der Waals surface area contributed by atoms with Crippen LogP contribution in [-0.2, 0) is 22.6 Å². The smallest absolute Gasteiger partial charge is 0.234 e. The SMILES string of the molecule is CCc1cc(C(F)(F)F)n2nc(C3CCCN(S(C)(=O)=O)C3)cc2n1. The molecule has 0 amide bonds. The Labute approximate surface area is 143 Å². The molecule has 1 saturated heterocycles. The highest BCUT2D eigenvalue weighted by molar-refractivity contribution is 7.88. The number of halogens is 3. The molecule has 2 aromatic heterocycles. The fraction of sp³-hybridized carbons (Fsp3) is 0.600. The number of sulfonamides is 1. The summed E-state index contributed by atoms with van der Waals surface area (Å²) in [6, 6.07) is 2.54. The summed E-state index contributed by atoms with van der Waals surface area (Å²) in [7, 11) is -3.34. The number of aryl methyl sites for hydroxylation is 1. The van der Waals surface area contributed by atoms with Gasteiger partial charge >= 0.3 is 6.18 Å². The van der Waals surface area contributed by atoms with Crippen molar-refractivity contribution in [1.29, 1.82) is 0 Å². The number of hydrogen-bond acceptors (Lipinski definition) is 4. The topological polar surface area (TPSA) is 67.6 Å². The van der Waals surface area contributed by atoms with E-state index < -0.39 is 21.9 Å². The van der Waals surface area contributed by atoms with Crippen LogP contribution in [0, 0.1) is 0 Å². The van der Waals surface area contributed by atoms with Crippen molar-refractivity contribution >= 4 is 15.7 Å². The maximum Gasteiger partial charge on any atom is 0.433 e. The largest absolute Gasteiger partial charge is 0.433 e. The molecule has 25 heavy (non-hydrogen) atoms. The first kappa shape index (κ1) is 18.1. The fourth-order valence-corrected chi connectivity index (χ4v) is 4.02. The van der Waals surface area contributed by atoms with E-state index in [1.807, 2.05) is 0 Å². The summed E-state index contributed by atoms with van der Waals surface area (Å²) in [6.07, 6.45) is -1.70. The highest BCUT2D eigenvalue weighted by Gasteiger charge is 2.36. The predicted molar refractivity (Wildman–Crippen MR) is 85.8 cm³/mol. The summed E-state index contributed by atoms with van der Waals surface area (Å²) < 4.78 is 65.6. The molecule has 2 aromatic rings. The monoisotopic (exact) mass is 376 g/mol. The molecule has 1 fully saturated rings. The maximum atomic E-state index is 13.3. The number of aromatic nitrogens is 3. The number of hydrogen-bond donors (Lipinski definition) is 0. The van der Waals surface area contributed by atoms with Crippen molar-refractivity contribution in [2.75, 3.05) is 19.3 Å². The fourth-order valence-electron chi connectivity index (χ4n) is 3.11. The van der Waals surface area contributed by atoms with Gasteiger partial charge in [0, 0.05) is 30.8 Å². The highest BCUT2D eigenvalue weighted by atomic mass is 32.2. The van der Waals surface area contributed by atoms with E-state index in [1.54, 1.807) is 6.92 Å². The van der Waals surface area contributed by atoms with E-state index in [0.717, 1.165) is 16.8 Å². The lowest BCUT2D eigenvalue weighted by Gasteiger charge is -2.29. The molecule has 0 aliphatic carbocycles. The average molecular weight is 376 g/mol. The van der Waals surface area contributed by atoms with Crippen LogP contribution in [0.15, 0.2) is 12.1 Å². The van der Waals surface area contributed by atoms with Gasteiger partial charge in [-0.05, 0) is 25.3 Å². The van der Waals surface area contributed by atoms with Crippen molar-refractivity contribution in [2.24, 2.45) is 0 Å². The molecule has 1 atom stereocenters. The number of alkyl halides is 3. The molecule has 0 saturated carbocycles. The minimum absolute atomic E-state index is 0.137. The van der Waals surface area contributed by atoms with Crippen LogP contribution in [-0.4, -0.2) is 46.7 Å². The van der Waals surface area contributed by atoms with Crippen LogP contribution in [0.5, 0.6) is 0 Å². The van der Waals surface area contributed by atoms with Gasteiger partial charge in [0.2, 0.25) is 10.0 Å². The normalized spacial score (nSPS) is 20.3. The van der Waals surface area contributed by atoms with Crippen LogP contribution in [0.2, 0.25) is 0 Å². The Morgan fingerprint density at radius 3 is 2.64 bits per heavy atom. The standard InChI is InChI=1S/C15H19F3N4O2S/c1-3-11-7-13(15(16,17)18)22-14(19-11)8-12(20-22)10-5-4-6-21(9-10)25(2,23)24/h7-8,10H,3-6,9H2,1-2H3. The molecule has 3 heterocycles.